The first-order valence-electron chi connectivity index (χ1n) is 19.7. The van der Waals surface area contributed by atoms with Crippen LogP contribution in [0.2, 0.25) is 0 Å². The van der Waals surface area contributed by atoms with Gasteiger partial charge in [-0.15, -0.1) is 0 Å². The highest BCUT2D eigenvalue weighted by molar-refractivity contribution is 7.85. The van der Waals surface area contributed by atoms with Crippen molar-refractivity contribution in [1.29, 1.82) is 0 Å². The second-order valence-corrected chi connectivity index (χ2v) is 16.1. The quantitative estimate of drug-likeness (QED) is 0.0336. The lowest BCUT2D eigenvalue weighted by Crippen LogP contribution is -2.49. The first kappa shape index (κ1) is 43.4. The van der Waals surface area contributed by atoms with Gasteiger partial charge >= 0.3 is 0 Å². The van der Waals surface area contributed by atoms with Gasteiger partial charge in [0, 0.05) is 78.5 Å². The molecule has 0 spiro atoms. The molecule has 6 N–H and O–H groups in total. The van der Waals surface area contributed by atoms with Gasteiger partial charge < -0.3 is 30.9 Å². The molecule has 4 aromatic heterocycles. The van der Waals surface area contributed by atoms with E-state index in [0.717, 1.165) is 11.8 Å². The molecule has 1 aliphatic heterocycles. The van der Waals surface area contributed by atoms with Gasteiger partial charge in [-0.05, 0) is 69.2 Å². The number of halogens is 1. The number of amides is 2. The van der Waals surface area contributed by atoms with Gasteiger partial charge in [0.1, 0.15) is 24.5 Å². The Hall–Kier alpha value is -6.68. The first-order chi connectivity index (χ1) is 29.9. The number of aromatic nitrogens is 7. The molecule has 2 aromatic carbocycles. The number of hydrogen-bond acceptors (Lipinski definition) is 14. The number of ether oxygens (including phenoxy) is 1. The molecule has 0 saturated carbocycles. The summed E-state index contributed by atoms with van der Waals surface area (Å²) in [6, 6.07) is 14.0. The third-order valence-electron chi connectivity index (χ3n) is 10.2. The van der Waals surface area contributed by atoms with Crippen molar-refractivity contribution < 1.29 is 33.1 Å². The second kappa shape index (κ2) is 18.9. The predicted octanol–water partition coefficient (Wildman–Crippen LogP) is 3.13. The molecule has 6 aromatic rings. The maximum absolute atomic E-state index is 15.5. The molecule has 5 heterocycles. The summed E-state index contributed by atoms with van der Waals surface area (Å²) in [7, 11) is -0.134. The predicted molar refractivity (Wildman–Crippen MR) is 228 cm³/mol. The van der Waals surface area contributed by atoms with Crippen LogP contribution in [0.25, 0.3) is 22.3 Å². The van der Waals surface area contributed by atoms with Gasteiger partial charge in [0.25, 0.3) is 5.91 Å². The molecule has 19 nitrogen and oxygen atoms in total. The van der Waals surface area contributed by atoms with Crippen molar-refractivity contribution in [2.24, 2.45) is 17.1 Å². The van der Waals surface area contributed by atoms with Crippen molar-refractivity contribution >= 4 is 52.4 Å². The molecule has 324 valence electrons. The van der Waals surface area contributed by atoms with E-state index >= 15 is 4.39 Å². The number of hydrogen-bond donors (Lipinski definition) is 6. The number of H-pyrrole nitrogens is 1. The second-order valence-electron chi connectivity index (χ2n) is 14.7. The Morgan fingerprint density at radius 2 is 1.95 bits per heavy atom. The summed E-state index contributed by atoms with van der Waals surface area (Å²) in [5.41, 5.74) is 3.07. The number of nitrogens with zero attached hydrogens (tertiary/aromatic N) is 9. The number of aliphatic hydroxyl groups is 2. The van der Waals surface area contributed by atoms with Crippen LogP contribution >= 0.6 is 0 Å². The number of likely N-dealkylation sites (tertiary alicyclic amines) is 1. The highest BCUT2D eigenvalue weighted by atomic mass is 32.2. The Kier molecular flexibility index (Phi) is 13.3. The lowest BCUT2D eigenvalue weighted by Gasteiger charge is -2.40. The number of fused-ring (bicyclic) bond motifs is 1. The molecule has 1 unspecified atom stereocenters. The lowest BCUT2D eigenvalue weighted by atomic mass is 9.92. The van der Waals surface area contributed by atoms with Gasteiger partial charge in [-0.1, -0.05) is 12.1 Å². The monoisotopic (exact) mass is 867 g/mol. The third kappa shape index (κ3) is 9.44. The van der Waals surface area contributed by atoms with E-state index in [1.807, 2.05) is 26.0 Å². The van der Waals surface area contributed by atoms with Crippen LogP contribution in [-0.4, -0.2) is 105 Å². The molecular weight excluding hydrogens is 822 g/mol. The van der Waals surface area contributed by atoms with Gasteiger partial charge in [0.2, 0.25) is 12.3 Å². The van der Waals surface area contributed by atoms with Crippen molar-refractivity contribution in [2.45, 2.75) is 60.8 Å². The van der Waals surface area contributed by atoms with E-state index in [-0.39, 0.29) is 58.6 Å². The normalized spacial score (nSPS) is 14.5. The maximum atomic E-state index is 15.5. The summed E-state index contributed by atoms with van der Waals surface area (Å²) in [6.45, 7) is 8.07. The summed E-state index contributed by atoms with van der Waals surface area (Å²) >= 11 is 0. The maximum Gasteiger partial charge on any atom is 0.253 e. The molecule has 0 aliphatic carbocycles. The first-order valence-corrected chi connectivity index (χ1v) is 20.8. The topological polar surface area (TPSA) is 242 Å². The number of aromatic amines is 1. The van der Waals surface area contributed by atoms with Gasteiger partial charge in [0.15, 0.2) is 22.7 Å². The fraction of sp³-hybridized carbons (Fsp3) is 0.317. The number of carbonyl (C=O) groups excluding carboxylic acids is 2. The van der Waals surface area contributed by atoms with Crippen molar-refractivity contribution in [3.05, 3.63) is 95.9 Å². The summed E-state index contributed by atoms with van der Waals surface area (Å²) in [5, 5.41) is 46.9. The summed E-state index contributed by atoms with van der Waals surface area (Å²) in [5.74, 6) is -2.62. The molecule has 2 amide bonds. The number of benzene rings is 2. The van der Waals surface area contributed by atoms with E-state index < -0.39 is 22.5 Å². The molecule has 1 fully saturated rings. The summed E-state index contributed by atoms with van der Waals surface area (Å²) in [6.07, 6.45) is 6.24. The SMILES string of the molecule is C=Nn1cnc(-c2cn[nH]c2)c(OC(C)C)/c1=N/CNc1ccc(S(=O)c2cccc(C(O)(O)N3CCC(c4ccc5c(NC(=O)CCNC=O)nn(C)c5n4)CC3)c2)cc1F. The highest BCUT2D eigenvalue weighted by Gasteiger charge is 2.38. The molecule has 0 radical (unpaired) electrons. The fourth-order valence-electron chi connectivity index (χ4n) is 7.10. The van der Waals surface area contributed by atoms with Crippen LogP contribution in [0, 0.1) is 5.82 Å². The molecule has 62 heavy (non-hydrogen) atoms. The van der Waals surface area contributed by atoms with Gasteiger partial charge in [-0.3, -0.25) is 14.7 Å². The fourth-order valence-corrected chi connectivity index (χ4v) is 8.21. The summed E-state index contributed by atoms with van der Waals surface area (Å²) in [4.78, 5) is 38.6. The molecule has 21 heteroatoms. The molecular formula is C41H46FN13O6S. The van der Waals surface area contributed by atoms with Crippen LogP contribution < -0.4 is 26.2 Å². The lowest BCUT2D eigenvalue weighted by molar-refractivity contribution is -0.279. The molecule has 1 aliphatic rings. The zero-order valence-electron chi connectivity index (χ0n) is 34.2. The largest absolute Gasteiger partial charge is 0.485 e. The number of rotatable bonds is 17. The Morgan fingerprint density at radius 1 is 1.16 bits per heavy atom. The van der Waals surface area contributed by atoms with Crippen molar-refractivity contribution in [2.75, 3.05) is 36.9 Å². The van der Waals surface area contributed by atoms with Crippen molar-refractivity contribution in [1.82, 2.24) is 44.8 Å². The third-order valence-corrected chi connectivity index (χ3v) is 11.6. The molecule has 1 saturated heterocycles. The number of nitrogens with one attached hydrogen (secondary N) is 4. The minimum atomic E-state index is -2.38. The van der Waals surface area contributed by atoms with Crippen molar-refractivity contribution in [3.8, 4) is 17.0 Å². The van der Waals surface area contributed by atoms with Gasteiger partial charge in [-0.25, -0.2) is 37.8 Å². The highest BCUT2D eigenvalue weighted by Crippen LogP contribution is 2.35. The Balaban J connectivity index is 1.00. The smallest absolute Gasteiger partial charge is 0.253 e. The van der Waals surface area contributed by atoms with Crippen LogP contribution in [-0.2, 0) is 33.3 Å². The van der Waals surface area contributed by atoms with E-state index in [1.165, 1.54) is 29.2 Å². The van der Waals surface area contributed by atoms with Gasteiger partial charge in [-0.2, -0.15) is 15.3 Å². The minimum Gasteiger partial charge on any atom is -0.485 e. The van der Waals surface area contributed by atoms with Crippen LogP contribution in [0.5, 0.6) is 5.75 Å². The number of aryl methyl sites for hydroxylation is 1. The van der Waals surface area contributed by atoms with Crippen LogP contribution in [0.4, 0.5) is 15.9 Å². The van der Waals surface area contributed by atoms with E-state index in [2.05, 4.69) is 53.0 Å². The van der Waals surface area contributed by atoms with E-state index in [0.29, 0.717) is 71.7 Å². The molecule has 0 bridgehead atoms. The minimum absolute atomic E-state index is 0.0155. The van der Waals surface area contributed by atoms with E-state index in [1.54, 1.807) is 47.2 Å². The average Bonchev–Trinajstić information content (AvgIpc) is 3.92. The summed E-state index contributed by atoms with van der Waals surface area (Å²) < 4.78 is 38.3. The zero-order chi connectivity index (χ0) is 44.0. The Morgan fingerprint density at radius 3 is 2.66 bits per heavy atom. The van der Waals surface area contributed by atoms with Crippen LogP contribution in [0.3, 0.4) is 0 Å². The number of anilines is 2. The average molecular weight is 868 g/mol. The molecule has 7 rings (SSSR count). The Bertz CT molecular complexity index is 2680. The standard InChI is InChI=1S/C41H46FN13O6S/c1-25(2)61-37-36(27-20-48-49-21-27)47-23-55(43-3)40(37)46-22-45-34-10-8-30(19-32(34)42)62(60)29-7-5-6-28(18-29)41(58,59)54-16-13-26(14-17-54)33-11-9-31-38(52-53(4)39(31)50-33)51-35(57)12-15-44-24-56/h5-11,18-21,23-26,45,58-59H,3,12-17,22H2,1-2,4H3,(H,44,56)(H,48,49)(H,51,52,57)/b46-40-. The van der Waals surface area contributed by atoms with Crippen LogP contribution in [0.15, 0.2) is 93.2 Å². The van der Waals surface area contributed by atoms with E-state index in [9.17, 15) is 24.0 Å². The number of pyridine rings is 1. The van der Waals surface area contributed by atoms with Gasteiger partial charge in [0.05, 0.1) is 34.2 Å². The van der Waals surface area contributed by atoms with Crippen LogP contribution in [0.1, 0.15) is 50.3 Å². The molecule has 1 atom stereocenters. The van der Waals surface area contributed by atoms with E-state index in [4.69, 9.17) is 9.72 Å². The van der Waals surface area contributed by atoms with Crippen molar-refractivity contribution in [3.63, 3.8) is 0 Å². The Labute approximate surface area is 357 Å². The zero-order valence-corrected chi connectivity index (χ0v) is 35.0. The number of piperidine rings is 1. The number of carbonyl (C=O) groups is 2.